The molecule has 1 atom stereocenters. The first-order valence-electron chi connectivity index (χ1n) is 6.43. The molecule has 1 heterocycles. The van der Waals surface area contributed by atoms with Gasteiger partial charge in [-0.1, -0.05) is 0 Å². The molecule has 0 aliphatic carbocycles. The smallest absolute Gasteiger partial charge is 0.244 e. The number of nitrogen functional groups attached to an aromatic ring is 1. The minimum atomic E-state index is -3.87. The summed E-state index contributed by atoms with van der Waals surface area (Å²) in [6, 6.07) is 2.18. The lowest BCUT2D eigenvalue weighted by Crippen LogP contribution is -2.52. The topological polar surface area (TPSA) is 118 Å². The molecule has 1 aliphatic heterocycles. The van der Waals surface area contributed by atoms with Crippen molar-refractivity contribution in [2.75, 3.05) is 5.73 Å². The van der Waals surface area contributed by atoms with Gasteiger partial charge in [-0.05, 0) is 43.5 Å². The highest BCUT2D eigenvalue weighted by atomic mass is 32.2. The fourth-order valence-electron chi connectivity index (χ4n) is 2.46. The monoisotopic (exact) mass is 311 g/mol. The predicted octanol–water partition coefficient (Wildman–Crippen LogP) is -0.0309. The lowest BCUT2D eigenvalue weighted by Gasteiger charge is -2.22. The zero-order valence-corrected chi connectivity index (χ0v) is 12.6. The molecule has 7 nitrogen and oxygen atoms in total. The van der Waals surface area contributed by atoms with E-state index in [0.29, 0.717) is 16.8 Å². The van der Waals surface area contributed by atoms with E-state index < -0.39 is 27.9 Å². The molecule has 1 aliphatic rings. The molecule has 0 saturated carbocycles. The van der Waals surface area contributed by atoms with Crippen LogP contribution in [0.2, 0.25) is 0 Å². The summed E-state index contributed by atoms with van der Waals surface area (Å²) in [7, 11) is -3.87. The largest absolute Gasteiger partial charge is 0.399 e. The molecule has 114 valence electrons. The van der Waals surface area contributed by atoms with Crippen LogP contribution in [0.3, 0.4) is 0 Å². The third kappa shape index (κ3) is 3.22. The van der Waals surface area contributed by atoms with Crippen LogP contribution in [0.1, 0.15) is 24.0 Å². The number of piperidine rings is 1. The van der Waals surface area contributed by atoms with Crippen LogP contribution in [-0.2, 0) is 19.6 Å². The fraction of sp³-hybridized carbons (Fsp3) is 0.385. The van der Waals surface area contributed by atoms with Crippen molar-refractivity contribution < 1.29 is 18.0 Å². The molecular formula is C13H17N3O4S. The Labute approximate surface area is 123 Å². The molecule has 1 fully saturated rings. The lowest BCUT2D eigenvalue weighted by molar-refractivity contribution is -0.134. The Morgan fingerprint density at radius 1 is 1.24 bits per heavy atom. The summed E-state index contributed by atoms with van der Waals surface area (Å²) in [6.45, 7) is 3.28. The molecule has 1 aromatic carbocycles. The number of carbonyl (C=O) groups is 2. The molecule has 0 radical (unpaired) electrons. The maximum absolute atomic E-state index is 12.5. The average Bonchev–Trinajstić information content (AvgIpc) is 2.30. The second-order valence-electron chi connectivity index (χ2n) is 5.11. The Kier molecular flexibility index (Phi) is 4.02. The maximum atomic E-state index is 12.5. The summed E-state index contributed by atoms with van der Waals surface area (Å²) in [5, 5.41) is 2.12. The van der Waals surface area contributed by atoms with Crippen molar-refractivity contribution in [2.24, 2.45) is 0 Å². The summed E-state index contributed by atoms with van der Waals surface area (Å²) in [4.78, 5) is 22.8. The van der Waals surface area contributed by atoms with Gasteiger partial charge in [-0.25, -0.2) is 8.42 Å². The molecule has 1 saturated heterocycles. The van der Waals surface area contributed by atoms with Crippen molar-refractivity contribution in [1.29, 1.82) is 0 Å². The molecule has 0 bridgehead atoms. The zero-order chi connectivity index (χ0) is 15.8. The minimum absolute atomic E-state index is 0.110. The van der Waals surface area contributed by atoms with E-state index in [2.05, 4.69) is 10.0 Å². The van der Waals surface area contributed by atoms with Gasteiger partial charge in [-0.15, -0.1) is 0 Å². The number of hydrogen-bond acceptors (Lipinski definition) is 5. The van der Waals surface area contributed by atoms with Gasteiger partial charge in [-0.3, -0.25) is 14.9 Å². The van der Waals surface area contributed by atoms with Gasteiger partial charge in [0, 0.05) is 12.1 Å². The van der Waals surface area contributed by atoms with Crippen molar-refractivity contribution in [3.05, 3.63) is 23.3 Å². The van der Waals surface area contributed by atoms with Crippen molar-refractivity contribution in [3.8, 4) is 0 Å². The maximum Gasteiger partial charge on any atom is 0.244 e. The van der Waals surface area contributed by atoms with Gasteiger partial charge in [0.15, 0.2) is 0 Å². The normalized spacial score (nSPS) is 19.4. The number of hydrogen-bond donors (Lipinski definition) is 3. The van der Waals surface area contributed by atoms with Gasteiger partial charge in [0.25, 0.3) is 0 Å². The van der Waals surface area contributed by atoms with Crippen LogP contribution in [0, 0.1) is 13.8 Å². The van der Waals surface area contributed by atoms with Crippen LogP contribution in [0.15, 0.2) is 17.0 Å². The highest BCUT2D eigenvalue weighted by Gasteiger charge is 2.32. The number of amides is 2. The average molecular weight is 311 g/mol. The lowest BCUT2D eigenvalue weighted by atomic mass is 10.1. The molecule has 4 N–H and O–H groups in total. The number of nitrogens with two attached hydrogens (primary N) is 1. The molecule has 8 heteroatoms. The standard InChI is InChI=1S/C13H17N3O4S/c1-7-5-9(14)6-8(2)12(7)21(19,20)16-10-3-4-11(17)15-13(10)18/h5-6,10,16H,3-4,14H2,1-2H3,(H,15,17,18). The van der Waals surface area contributed by atoms with Crippen molar-refractivity contribution >= 4 is 27.5 Å². The molecule has 0 aromatic heterocycles. The van der Waals surface area contributed by atoms with Gasteiger partial charge in [0.2, 0.25) is 21.8 Å². The first kappa shape index (κ1) is 15.5. The Bertz CT molecular complexity index is 689. The summed E-state index contributed by atoms with van der Waals surface area (Å²) in [6.07, 6.45) is 0.260. The molecule has 1 aromatic rings. The van der Waals surface area contributed by atoms with Gasteiger partial charge in [0.1, 0.15) is 6.04 Å². The van der Waals surface area contributed by atoms with Gasteiger partial charge < -0.3 is 5.73 Å². The van der Waals surface area contributed by atoms with E-state index >= 15 is 0 Å². The minimum Gasteiger partial charge on any atom is -0.399 e. The Morgan fingerprint density at radius 2 is 1.81 bits per heavy atom. The van der Waals surface area contributed by atoms with E-state index in [9.17, 15) is 18.0 Å². The number of nitrogens with one attached hydrogen (secondary N) is 2. The highest BCUT2D eigenvalue weighted by molar-refractivity contribution is 7.89. The van der Waals surface area contributed by atoms with E-state index in [4.69, 9.17) is 5.73 Å². The number of anilines is 1. The van der Waals surface area contributed by atoms with Crippen LogP contribution in [0.5, 0.6) is 0 Å². The number of imide groups is 1. The van der Waals surface area contributed by atoms with Crippen LogP contribution < -0.4 is 15.8 Å². The first-order chi connectivity index (χ1) is 9.70. The Hall–Kier alpha value is -1.93. The van der Waals surface area contributed by atoms with Crippen LogP contribution in [-0.4, -0.2) is 26.3 Å². The third-order valence-electron chi connectivity index (χ3n) is 3.29. The number of sulfonamides is 1. The van der Waals surface area contributed by atoms with Crippen molar-refractivity contribution in [2.45, 2.75) is 37.6 Å². The van der Waals surface area contributed by atoms with Gasteiger partial charge in [-0.2, -0.15) is 4.72 Å². The highest BCUT2D eigenvalue weighted by Crippen LogP contribution is 2.23. The third-order valence-corrected chi connectivity index (χ3v) is 5.06. The van der Waals surface area contributed by atoms with Crippen molar-refractivity contribution in [1.82, 2.24) is 10.0 Å². The number of carbonyl (C=O) groups excluding carboxylic acids is 2. The van der Waals surface area contributed by atoms with E-state index in [1.165, 1.54) is 0 Å². The number of aryl methyl sites for hydroxylation is 2. The zero-order valence-electron chi connectivity index (χ0n) is 11.8. The van der Waals surface area contributed by atoms with E-state index in [-0.39, 0.29) is 17.7 Å². The molecule has 1 unspecified atom stereocenters. The SMILES string of the molecule is Cc1cc(N)cc(C)c1S(=O)(=O)NC1CCC(=O)NC1=O. The van der Waals surface area contributed by atoms with E-state index in [1.54, 1.807) is 26.0 Å². The summed E-state index contributed by atoms with van der Waals surface area (Å²) >= 11 is 0. The number of benzene rings is 1. The molecule has 21 heavy (non-hydrogen) atoms. The molecule has 2 rings (SSSR count). The van der Waals surface area contributed by atoms with Crippen molar-refractivity contribution in [3.63, 3.8) is 0 Å². The second-order valence-corrected chi connectivity index (χ2v) is 6.76. The van der Waals surface area contributed by atoms with E-state index in [1.807, 2.05) is 0 Å². The fourth-order valence-corrected chi connectivity index (χ4v) is 4.14. The van der Waals surface area contributed by atoms with Gasteiger partial charge in [0.05, 0.1) is 4.90 Å². The summed E-state index contributed by atoms with van der Waals surface area (Å²) in [5.41, 5.74) is 7.17. The molecule has 2 amide bonds. The molecule has 0 spiro atoms. The summed E-state index contributed by atoms with van der Waals surface area (Å²) < 4.78 is 27.3. The summed E-state index contributed by atoms with van der Waals surface area (Å²) in [5.74, 6) is -1.02. The number of rotatable bonds is 3. The quantitative estimate of drug-likeness (QED) is 0.535. The van der Waals surface area contributed by atoms with Crippen LogP contribution in [0.25, 0.3) is 0 Å². The Morgan fingerprint density at radius 3 is 2.33 bits per heavy atom. The first-order valence-corrected chi connectivity index (χ1v) is 7.92. The second kappa shape index (κ2) is 5.45. The Balaban J connectivity index is 2.31. The molecular weight excluding hydrogens is 294 g/mol. The van der Waals surface area contributed by atoms with Crippen LogP contribution >= 0.6 is 0 Å². The predicted molar refractivity (Wildman–Crippen MR) is 76.8 cm³/mol. The van der Waals surface area contributed by atoms with Gasteiger partial charge >= 0.3 is 0 Å². The van der Waals surface area contributed by atoms with Crippen LogP contribution in [0.4, 0.5) is 5.69 Å². The van der Waals surface area contributed by atoms with E-state index in [0.717, 1.165) is 0 Å².